The average Bonchev–Trinajstić information content (AvgIpc) is 3.21. The molecule has 2 saturated carbocycles. The number of carbonyl (C=O) groups is 4. The number of hydrogen-bond donors (Lipinski definition) is 7. The van der Waals surface area contributed by atoms with Gasteiger partial charge >= 0.3 is 0 Å². The summed E-state index contributed by atoms with van der Waals surface area (Å²) in [7, 11) is 0. The predicted molar refractivity (Wildman–Crippen MR) is 216 cm³/mol. The quantitative estimate of drug-likeness (QED) is 0.0853. The number of nitrogens with zero attached hydrogens (tertiary/aromatic N) is 1. The van der Waals surface area contributed by atoms with Gasteiger partial charge in [-0.2, -0.15) is 0 Å². The van der Waals surface area contributed by atoms with Crippen LogP contribution in [-0.2, 0) is 42.9 Å². The third-order valence-corrected chi connectivity index (χ3v) is 13.3. The van der Waals surface area contributed by atoms with Crippen LogP contribution in [0.25, 0.3) is 0 Å². The lowest BCUT2D eigenvalue weighted by molar-refractivity contribution is -0.338. The van der Waals surface area contributed by atoms with Gasteiger partial charge in [0.1, 0.15) is 54.6 Å². The molecule has 17 heteroatoms. The molecule has 17 nitrogen and oxygen atoms in total. The minimum atomic E-state index is -1.61. The maximum Gasteiger partial charge on any atom is 0.251 e. The first kappa shape index (κ1) is 48.7. The molecule has 5 rings (SSSR count). The second-order valence-corrected chi connectivity index (χ2v) is 17.8. The number of hydrogen-bond acceptors (Lipinski definition) is 14. The number of ether oxygens (including phenoxy) is 5. The van der Waals surface area contributed by atoms with E-state index in [4.69, 9.17) is 23.7 Å². The van der Waals surface area contributed by atoms with Crippen LogP contribution in [0.5, 0.6) is 0 Å². The van der Waals surface area contributed by atoms with Crippen molar-refractivity contribution in [3.63, 3.8) is 0 Å². The lowest BCUT2D eigenvalue weighted by Crippen LogP contribution is -2.67. The van der Waals surface area contributed by atoms with E-state index in [2.05, 4.69) is 10.6 Å². The fraction of sp³-hybridized carbons (Fsp3) is 0.907. The molecule has 6 unspecified atom stereocenters. The second-order valence-electron chi connectivity index (χ2n) is 17.8. The van der Waals surface area contributed by atoms with Crippen molar-refractivity contribution in [2.75, 3.05) is 26.2 Å². The minimum Gasteiger partial charge on any atom is -0.394 e. The Hall–Kier alpha value is -2.32. The molecule has 2 aliphatic carbocycles. The van der Waals surface area contributed by atoms with E-state index in [0.29, 0.717) is 51.7 Å². The third-order valence-electron chi connectivity index (χ3n) is 13.3. The number of aliphatic hydroxyl groups is 5. The van der Waals surface area contributed by atoms with Gasteiger partial charge in [0.15, 0.2) is 12.6 Å². The highest BCUT2D eigenvalue weighted by Crippen LogP contribution is 2.40. The molecule has 0 aromatic rings. The molecule has 5 aliphatic rings. The number of aliphatic hydroxyl groups excluding tert-OH is 5. The van der Waals surface area contributed by atoms with E-state index in [0.717, 1.165) is 51.4 Å². The van der Waals surface area contributed by atoms with Crippen LogP contribution in [-0.4, -0.2) is 160 Å². The van der Waals surface area contributed by atoms with Crippen molar-refractivity contribution >= 4 is 23.5 Å². The molecule has 344 valence electrons. The molecule has 3 amide bonds. The highest BCUT2D eigenvalue weighted by molar-refractivity contribution is 5.82. The molecule has 3 saturated heterocycles. The van der Waals surface area contributed by atoms with Gasteiger partial charge < -0.3 is 64.8 Å². The van der Waals surface area contributed by atoms with Crippen LogP contribution >= 0.6 is 0 Å². The zero-order valence-corrected chi connectivity index (χ0v) is 36.0. The first-order valence-electron chi connectivity index (χ1n) is 22.7. The summed E-state index contributed by atoms with van der Waals surface area (Å²) in [5.41, 5.74) is 0. The number of nitrogens with one attached hydrogen (secondary N) is 2. The van der Waals surface area contributed by atoms with Crippen molar-refractivity contribution in [2.24, 2.45) is 17.8 Å². The van der Waals surface area contributed by atoms with Crippen LogP contribution in [0.4, 0.5) is 0 Å². The molecule has 0 aromatic heterocycles. The first-order chi connectivity index (χ1) is 28.8. The monoisotopic (exact) mass is 856 g/mol. The van der Waals surface area contributed by atoms with Gasteiger partial charge in [0.05, 0.1) is 24.9 Å². The van der Waals surface area contributed by atoms with Gasteiger partial charge in [0.2, 0.25) is 11.8 Å². The summed E-state index contributed by atoms with van der Waals surface area (Å²) in [4.78, 5) is 54.6. The minimum absolute atomic E-state index is 0.0349. The zero-order chi connectivity index (χ0) is 43.5. The maximum absolute atomic E-state index is 13.9. The summed E-state index contributed by atoms with van der Waals surface area (Å²) in [6.45, 7) is 7.70. The van der Waals surface area contributed by atoms with Crippen LogP contribution in [0.15, 0.2) is 0 Å². The smallest absolute Gasteiger partial charge is 0.251 e. The molecule has 0 aromatic carbocycles. The van der Waals surface area contributed by atoms with Crippen molar-refractivity contribution in [3.05, 3.63) is 0 Å². The normalized spacial score (nSPS) is 36.9. The lowest BCUT2D eigenvalue weighted by atomic mass is 9.74. The van der Waals surface area contributed by atoms with E-state index >= 15 is 0 Å². The second kappa shape index (κ2) is 23.4. The first-order valence-corrected chi connectivity index (χ1v) is 22.7. The molecule has 5 fully saturated rings. The Morgan fingerprint density at radius 3 is 2.20 bits per heavy atom. The summed E-state index contributed by atoms with van der Waals surface area (Å²) >= 11 is 0. The van der Waals surface area contributed by atoms with E-state index in [-0.39, 0.29) is 42.3 Å². The number of unbranched alkanes of at least 4 members (excludes halogenated alkanes) is 1. The SMILES string of the molecule is CCCCC(=O)NCCCC(=O)C1C[C@@H](CC)C(O[C@@H]2OC(C)[C@@H](O)[C@H](O)C2O)[C@H](O[C@@H]2O[C@@H](CO)[C@H](O)C(O[C@@H](CC3CCCCC3)C(=O)N3CCC3)C2NC(C)=O)C1. The number of likely N-dealkylation sites (tertiary alicyclic amines) is 1. The Bertz CT molecular complexity index is 1380. The molecule has 0 bridgehead atoms. The number of Topliss-reactive ketones (excluding diaryl/α,β-unsaturated/α-hetero) is 1. The lowest BCUT2D eigenvalue weighted by Gasteiger charge is -2.49. The fourth-order valence-electron chi connectivity index (χ4n) is 9.48. The van der Waals surface area contributed by atoms with E-state index in [1.54, 1.807) is 11.8 Å². The summed E-state index contributed by atoms with van der Waals surface area (Å²) in [5, 5.41) is 60.0. The standard InChI is InChI=1S/C43H73N3O14/c1-5-7-16-33(50)44-17-11-15-29(49)28-21-27(6-2)39(60-43-38(54)37(53)35(51)24(3)56-43)30(22-28)58-42-34(45-25(4)48)40(36(52)32(23-47)59-42)57-31(41(55)46-18-12-19-46)20-26-13-9-8-10-14-26/h24,26-28,30-32,34-40,42-43,47,51-54H,5-23H2,1-4H3,(H,44,50)(H,45,48)/t24?,27-,28?,30-,31+,32+,34?,35-,36+,37+,38?,39?,40?,42-,43+/m1/s1. The topological polar surface area (TPSA) is 243 Å². The highest BCUT2D eigenvalue weighted by atomic mass is 16.7. The summed E-state index contributed by atoms with van der Waals surface area (Å²) in [6, 6.07) is -1.18. The van der Waals surface area contributed by atoms with Crippen LogP contribution in [0.1, 0.15) is 124 Å². The Kier molecular flexibility index (Phi) is 19.0. The van der Waals surface area contributed by atoms with Crippen molar-refractivity contribution in [3.8, 4) is 0 Å². The van der Waals surface area contributed by atoms with E-state index in [1.165, 1.54) is 6.92 Å². The molecule has 15 atom stereocenters. The fourth-order valence-corrected chi connectivity index (χ4v) is 9.48. The molecule has 60 heavy (non-hydrogen) atoms. The van der Waals surface area contributed by atoms with Crippen molar-refractivity contribution in [1.82, 2.24) is 15.5 Å². The van der Waals surface area contributed by atoms with Crippen LogP contribution < -0.4 is 10.6 Å². The van der Waals surface area contributed by atoms with Gasteiger partial charge in [-0.3, -0.25) is 19.2 Å². The van der Waals surface area contributed by atoms with Crippen LogP contribution in [0.3, 0.4) is 0 Å². The average molecular weight is 856 g/mol. The van der Waals surface area contributed by atoms with Gasteiger partial charge in [-0.05, 0) is 57.3 Å². The van der Waals surface area contributed by atoms with Gasteiger partial charge in [0.25, 0.3) is 5.91 Å². The van der Waals surface area contributed by atoms with Gasteiger partial charge in [0, 0.05) is 45.3 Å². The number of carbonyl (C=O) groups excluding carboxylic acids is 4. The van der Waals surface area contributed by atoms with Crippen molar-refractivity contribution in [2.45, 2.75) is 204 Å². The molecule has 0 spiro atoms. The number of amides is 3. The molecule has 7 N–H and O–H groups in total. The summed E-state index contributed by atoms with van der Waals surface area (Å²) < 4.78 is 32.0. The third kappa shape index (κ3) is 12.7. The van der Waals surface area contributed by atoms with Crippen LogP contribution in [0.2, 0.25) is 0 Å². The Labute approximate surface area is 354 Å². The number of rotatable bonds is 20. The molecule has 3 aliphatic heterocycles. The summed E-state index contributed by atoms with van der Waals surface area (Å²) in [5.74, 6) is -1.38. The van der Waals surface area contributed by atoms with Crippen molar-refractivity contribution in [1.29, 1.82) is 0 Å². The zero-order valence-electron chi connectivity index (χ0n) is 36.0. The van der Waals surface area contributed by atoms with Gasteiger partial charge in [-0.25, -0.2) is 0 Å². The van der Waals surface area contributed by atoms with E-state index in [1.807, 2.05) is 13.8 Å². The van der Waals surface area contributed by atoms with Gasteiger partial charge in [-0.15, -0.1) is 0 Å². The van der Waals surface area contributed by atoms with Gasteiger partial charge in [-0.1, -0.05) is 58.8 Å². The highest BCUT2D eigenvalue weighted by Gasteiger charge is 2.53. The van der Waals surface area contributed by atoms with E-state index in [9.17, 15) is 44.7 Å². The number of ketones is 1. The van der Waals surface area contributed by atoms with E-state index < -0.39 is 98.1 Å². The maximum atomic E-state index is 13.9. The Morgan fingerprint density at radius 2 is 1.57 bits per heavy atom. The molecular formula is C43H73N3O14. The largest absolute Gasteiger partial charge is 0.394 e. The Morgan fingerprint density at radius 1 is 0.833 bits per heavy atom. The van der Waals surface area contributed by atoms with Crippen molar-refractivity contribution < 1.29 is 68.4 Å². The molecule has 0 radical (unpaired) electrons. The predicted octanol–water partition coefficient (Wildman–Crippen LogP) is 1.22. The molecular weight excluding hydrogens is 782 g/mol. The summed E-state index contributed by atoms with van der Waals surface area (Å²) in [6.07, 6.45) is -4.63. The van der Waals surface area contributed by atoms with Crippen LogP contribution in [0, 0.1) is 17.8 Å². The Balaban J connectivity index is 1.42. The molecule has 3 heterocycles.